The Bertz CT molecular complexity index is 594. The third-order valence-electron chi connectivity index (χ3n) is 3.47. The molecule has 2 rings (SSSR count). The summed E-state index contributed by atoms with van der Waals surface area (Å²) in [7, 11) is -1.63. The van der Waals surface area contributed by atoms with Crippen LogP contribution in [0.5, 0.6) is 0 Å². The zero-order valence-corrected chi connectivity index (χ0v) is 13.9. The van der Waals surface area contributed by atoms with Crippen LogP contribution in [-0.2, 0) is 10.0 Å². The van der Waals surface area contributed by atoms with Gasteiger partial charge in [0.1, 0.15) is 5.82 Å². The Kier molecular flexibility index (Phi) is 4.84. The van der Waals surface area contributed by atoms with E-state index in [0.717, 1.165) is 13.0 Å². The topological polar surface area (TPSA) is 40.6 Å². The number of hydrogen-bond acceptors (Lipinski definition) is 3. The van der Waals surface area contributed by atoms with Crippen LogP contribution in [0.15, 0.2) is 27.6 Å². The van der Waals surface area contributed by atoms with E-state index in [1.165, 1.54) is 22.5 Å². The van der Waals surface area contributed by atoms with Crippen molar-refractivity contribution in [1.29, 1.82) is 0 Å². The van der Waals surface area contributed by atoms with E-state index in [4.69, 9.17) is 0 Å². The van der Waals surface area contributed by atoms with Gasteiger partial charge in [-0.25, -0.2) is 12.8 Å². The van der Waals surface area contributed by atoms with Crippen molar-refractivity contribution in [2.75, 3.05) is 26.7 Å². The zero-order valence-electron chi connectivity index (χ0n) is 11.5. The molecule has 0 amide bonds. The molecule has 4 nitrogen and oxygen atoms in total. The van der Waals surface area contributed by atoms with E-state index in [1.807, 2.05) is 14.0 Å². The summed E-state index contributed by atoms with van der Waals surface area (Å²) in [5.74, 6) is -0.459. The minimum Gasteiger partial charge on any atom is -0.305 e. The van der Waals surface area contributed by atoms with Gasteiger partial charge in [0.15, 0.2) is 0 Å². The normalized spacial score (nSPS) is 22.7. The van der Waals surface area contributed by atoms with Gasteiger partial charge in [-0.05, 0) is 61.1 Å². The number of hydrogen-bond donors (Lipinski definition) is 0. The molecule has 1 heterocycles. The summed E-state index contributed by atoms with van der Waals surface area (Å²) >= 11 is 3.14. The van der Waals surface area contributed by atoms with E-state index < -0.39 is 15.8 Å². The van der Waals surface area contributed by atoms with E-state index in [9.17, 15) is 12.8 Å². The number of rotatable bonds is 2. The number of halogens is 2. The van der Waals surface area contributed by atoms with Crippen LogP contribution in [0, 0.1) is 5.82 Å². The number of nitrogens with zero attached hydrogens (tertiary/aromatic N) is 2. The van der Waals surface area contributed by atoms with E-state index in [2.05, 4.69) is 20.8 Å². The van der Waals surface area contributed by atoms with Crippen LogP contribution < -0.4 is 0 Å². The molecule has 0 aromatic heterocycles. The van der Waals surface area contributed by atoms with Crippen molar-refractivity contribution >= 4 is 26.0 Å². The molecular formula is C13H18BrFN2O2S. The molecule has 1 aromatic rings. The summed E-state index contributed by atoms with van der Waals surface area (Å²) in [6.45, 7) is 3.95. The zero-order chi connectivity index (χ0) is 14.9. The average Bonchev–Trinajstić information content (AvgIpc) is 2.49. The molecule has 1 aromatic carbocycles. The highest BCUT2D eigenvalue weighted by atomic mass is 79.9. The molecule has 1 aliphatic heterocycles. The maximum Gasteiger partial charge on any atom is 0.244 e. The number of sulfonamides is 1. The monoisotopic (exact) mass is 364 g/mol. The maximum absolute atomic E-state index is 13.1. The first-order chi connectivity index (χ1) is 9.32. The first kappa shape index (κ1) is 15.9. The summed E-state index contributed by atoms with van der Waals surface area (Å²) < 4.78 is 40.4. The molecule has 1 saturated heterocycles. The lowest BCUT2D eigenvalue weighted by Gasteiger charge is -2.27. The van der Waals surface area contributed by atoms with Gasteiger partial charge in [-0.15, -0.1) is 0 Å². The first-order valence-electron chi connectivity index (χ1n) is 6.48. The van der Waals surface area contributed by atoms with Crippen LogP contribution in [0.1, 0.15) is 13.3 Å². The van der Waals surface area contributed by atoms with Crippen molar-refractivity contribution in [1.82, 2.24) is 9.21 Å². The first-order valence-corrected chi connectivity index (χ1v) is 8.71. The van der Waals surface area contributed by atoms with E-state index in [1.54, 1.807) is 0 Å². The van der Waals surface area contributed by atoms with Gasteiger partial charge in [0.25, 0.3) is 0 Å². The Morgan fingerprint density at radius 3 is 2.70 bits per heavy atom. The molecule has 0 radical (unpaired) electrons. The van der Waals surface area contributed by atoms with Gasteiger partial charge in [-0.2, -0.15) is 4.31 Å². The Morgan fingerprint density at radius 2 is 2.05 bits per heavy atom. The fourth-order valence-electron chi connectivity index (χ4n) is 2.52. The van der Waals surface area contributed by atoms with E-state index in [-0.39, 0.29) is 15.4 Å². The van der Waals surface area contributed by atoms with Crippen molar-refractivity contribution in [3.8, 4) is 0 Å². The molecule has 1 unspecified atom stereocenters. The predicted octanol–water partition coefficient (Wildman–Crippen LogP) is 2.30. The molecule has 1 fully saturated rings. The second-order valence-corrected chi connectivity index (χ2v) is 7.87. The van der Waals surface area contributed by atoms with Crippen LogP contribution >= 0.6 is 15.9 Å². The van der Waals surface area contributed by atoms with E-state index in [0.29, 0.717) is 13.1 Å². The van der Waals surface area contributed by atoms with Crippen LogP contribution in [0.25, 0.3) is 0 Å². The average molecular weight is 365 g/mol. The summed E-state index contributed by atoms with van der Waals surface area (Å²) in [6, 6.07) is 3.56. The molecule has 1 aliphatic rings. The minimum absolute atomic E-state index is 0.107. The van der Waals surface area contributed by atoms with Crippen molar-refractivity contribution in [3.63, 3.8) is 0 Å². The standard InChI is InChI=1S/C13H18BrFN2O2S/c1-10-9-16(2)6-3-7-17(10)20(18,19)13-5-4-11(15)8-12(13)14/h4-5,8,10H,3,6-7,9H2,1-2H3. The van der Waals surface area contributed by atoms with Crippen LogP contribution in [0.4, 0.5) is 4.39 Å². The second-order valence-electron chi connectivity index (χ2n) is 5.16. The Balaban J connectivity index is 2.38. The van der Waals surface area contributed by atoms with Gasteiger partial charge < -0.3 is 4.90 Å². The Morgan fingerprint density at radius 1 is 1.35 bits per heavy atom. The predicted molar refractivity (Wildman–Crippen MR) is 79.6 cm³/mol. The lowest BCUT2D eigenvalue weighted by Crippen LogP contribution is -2.42. The maximum atomic E-state index is 13.1. The largest absolute Gasteiger partial charge is 0.305 e. The van der Waals surface area contributed by atoms with Gasteiger partial charge in [0.2, 0.25) is 10.0 Å². The molecular weight excluding hydrogens is 347 g/mol. The lowest BCUT2D eigenvalue weighted by atomic mass is 10.3. The van der Waals surface area contributed by atoms with Gasteiger partial charge in [0.05, 0.1) is 4.90 Å². The Hall–Kier alpha value is -0.500. The van der Waals surface area contributed by atoms with Gasteiger partial charge in [0, 0.05) is 23.6 Å². The quantitative estimate of drug-likeness (QED) is 0.808. The van der Waals surface area contributed by atoms with Crippen LogP contribution in [-0.4, -0.2) is 50.3 Å². The van der Waals surface area contributed by atoms with Crippen molar-refractivity contribution in [3.05, 3.63) is 28.5 Å². The third-order valence-corrected chi connectivity index (χ3v) is 6.46. The highest BCUT2D eigenvalue weighted by molar-refractivity contribution is 9.10. The minimum atomic E-state index is -3.61. The number of likely N-dealkylation sites (N-methyl/N-ethyl adjacent to an activating group) is 1. The summed E-state index contributed by atoms with van der Waals surface area (Å²) in [5.41, 5.74) is 0. The molecule has 7 heteroatoms. The fourth-order valence-corrected chi connectivity index (χ4v) is 5.19. The van der Waals surface area contributed by atoms with Crippen LogP contribution in [0.3, 0.4) is 0 Å². The molecule has 0 spiro atoms. The van der Waals surface area contributed by atoms with E-state index >= 15 is 0 Å². The molecule has 20 heavy (non-hydrogen) atoms. The van der Waals surface area contributed by atoms with Gasteiger partial charge >= 0.3 is 0 Å². The highest BCUT2D eigenvalue weighted by Gasteiger charge is 2.32. The van der Waals surface area contributed by atoms with Crippen molar-refractivity contribution in [2.45, 2.75) is 24.3 Å². The molecule has 0 saturated carbocycles. The lowest BCUT2D eigenvalue weighted by molar-refractivity contribution is 0.290. The Labute approximate surface area is 127 Å². The fraction of sp³-hybridized carbons (Fsp3) is 0.538. The third kappa shape index (κ3) is 3.21. The molecule has 0 aliphatic carbocycles. The van der Waals surface area contributed by atoms with Gasteiger partial charge in [-0.3, -0.25) is 0 Å². The highest BCUT2D eigenvalue weighted by Crippen LogP contribution is 2.28. The second kappa shape index (κ2) is 6.09. The summed E-state index contributed by atoms with van der Waals surface area (Å²) in [5, 5.41) is 0. The summed E-state index contributed by atoms with van der Waals surface area (Å²) in [4.78, 5) is 2.25. The molecule has 112 valence electrons. The smallest absolute Gasteiger partial charge is 0.244 e. The molecule has 0 bridgehead atoms. The molecule has 1 atom stereocenters. The molecule has 0 N–H and O–H groups in total. The summed E-state index contributed by atoms with van der Waals surface area (Å²) in [6.07, 6.45) is 0.791. The number of benzene rings is 1. The van der Waals surface area contributed by atoms with Crippen molar-refractivity contribution in [2.24, 2.45) is 0 Å². The van der Waals surface area contributed by atoms with Gasteiger partial charge in [-0.1, -0.05) is 0 Å². The van der Waals surface area contributed by atoms with Crippen molar-refractivity contribution < 1.29 is 12.8 Å². The SMILES string of the molecule is CC1CN(C)CCCN1S(=O)(=O)c1ccc(F)cc1Br. The van der Waals surface area contributed by atoms with Crippen LogP contribution in [0.2, 0.25) is 0 Å².